The van der Waals surface area contributed by atoms with Crippen LogP contribution in [0.2, 0.25) is 0 Å². The second-order valence-corrected chi connectivity index (χ2v) is 8.58. The number of benzene rings is 1. The number of amides is 1. The Morgan fingerprint density at radius 1 is 1.38 bits per heavy atom. The molecule has 1 amide bonds. The molecule has 1 aliphatic heterocycles. The Labute approximate surface area is 155 Å². The van der Waals surface area contributed by atoms with Crippen molar-refractivity contribution in [2.75, 3.05) is 25.5 Å². The number of ether oxygens (including phenoxy) is 1. The topological polar surface area (TPSA) is 123 Å². The van der Waals surface area contributed by atoms with E-state index in [1.807, 2.05) is 0 Å². The van der Waals surface area contributed by atoms with Crippen LogP contribution in [0.5, 0.6) is 5.75 Å². The SMILES string of the molecule is COc1ccc(S(N)(=O)=O)cc1C(=O)Nc1ncc(C2CCNCC2)s1. The number of thiazole rings is 1. The number of rotatable bonds is 5. The highest BCUT2D eigenvalue weighted by molar-refractivity contribution is 7.89. The van der Waals surface area contributed by atoms with Crippen molar-refractivity contribution >= 4 is 32.4 Å². The Morgan fingerprint density at radius 2 is 2.12 bits per heavy atom. The predicted octanol–water partition coefficient (Wildman–Crippen LogP) is 1.52. The Morgan fingerprint density at radius 3 is 2.77 bits per heavy atom. The largest absolute Gasteiger partial charge is 0.496 e. The van der Waals surface area contributed by atoms with Gasteiger partial charge in [0.1, 0.15) is 5.75 Å². The summed E-state index contributed by atoms with van der Waals surface area (Å²) in [5.74, 6) is 0.197. The molecule has 140 valence electrons. The molecule has 10 heteroatoms. The number of sulfonamides is 1. The highest BCUT2D eigenvalue weighted by Crippen LogP contribution is 2.32. The third kappa shape index (κ3) is 4.21. The number of nitrogens with one attached hydrogen (secondary N) is 2. The molecular formula is C16H20N4O4S2. The molecule has 3 rings (SSSR count). The highest BCUT2D eigenvalue weighted by atomic mass is 32.2. The lowest BCUT2D eigenvalue weighted by Gasteiger charge is -2.20. The quantitative estimate of drug-likeness (QED) is 0.704. The Hall–Kier alpha value is -2.01. The summed E-state index contributed by atoms with van der Waals surface area (Å²) in [5, 5.41) is 11.6. The summed E-state index contributed by atoms with van der Waals surface area (Å²) in [7, 11) is -2.52. The maximum absolute atomic E-state index is 12.6. The van der Waals surface area contributed by atoms with Gasteiger partial charge in [0, 0.05) is 11.1 Å². The van der Waals surface area contributed by atoms with Crippen molar-refractivity contribution in [2.45, 2.75) is 23.7 Å². The fourth-order valence-electron chi connectivity index (χ4n) is 2.85. The lowest BCUT2D eigenvalue weighted by Crippen LogP contribution is -2.26. The first-order valence-electron chi connectivity index (χ1n) is 8.07. The monoisotopic (exact) mass is 396 g/mol. The molecule has 0 aliphatic carbocycles. The van der Waals surface area contributed by atoms with Crippen molar-refractivity contribution in [2.24, 2.45) is 5.14 Å². The van der Waals surface area contributed by atoms with Gasteiger partial charge in [0.25, 0.3) is 5.91 Å². The summed E-state index contributed by atoms with van der Waals surface area (Å²) in [6, 6.07) is 3.89. The summed E-state index contributed by atoms with van der Waals surface area (Å²) in [5.41, 5.74) is 0.0811. The number of piperidine rings is 1. The van der Waals surface area contributed by atoms with Crippen LogP contribution in [-0.4, -0.2) is 39.5 Å². The first-order chi connectivity index (χ1) is 12.4. The molecule has 4 N–H and O–H groups in total. The minimum atomic E-state index is -3.92. The Bertz CT molecular complexity index is 905. The van der Waals surface area contributed by atoms with Gasteiger partial charge < -0.3 is 10.1 Å². The average molecular weight is 396 g/mol. The molecule has 1 fully saturated rings. The van der Waals surface area contributed by atoms with E-state index >= 15 is 0 Å². The normalized spacial score (nSPS) is 15.6. The highest BCUT2D eigenvalue weighted by Gasteiger charge is 2.21. The van der Waals surface area contributed by atoms with Crippen LogP contribution in [0.4, 0.5) is 5.13 Å². The molecule has 0 atom stereocenters. The zero-order chi connectivity index (χ0) is 18.7. The van der Waals surface area contributed by atoms with E-state index in [9.17, 15) is 13.2 Å². The molecular weight excluding hydrogens is 376 g/mol. The Kier molecular flexibility index (Phi) is 5.56. The van der Waals surface area contributed by atoms with Crippen LogP contribution in [0.1, 0.15) is 34.0 Å². The second kappa shape index (κ2) is 7.70. The van der Waals surface area contributed by atoms with Crippen molar-refractivity contribution in [3.63, 3.8) is 0 Å². The number of hydrogen-bond donors (Lipinski definition) is 3. The molecule has 0 unspecified atom stereocenters. The molecule has 1 saturated heterocycles. The minimum absolute atomic E-state index is 0.0811. The van der Waals surface area contributed by atoms with E-state index in [0.717, 1.165) is 30.8 Å². The van der Waals surface area contributed by atoms with Crippen LogP contribution in [0, 0.1) is 0 Å². The zero-order valence-electron chi connectivity index (χ0n) is 14.2. The van der Waals surface area contributed by atoms with Crippen molar-refractivity contribution < 1.29 is 17.9 Å². The number of anilines is 1. The number of nitrogens with zero attached hydrogens (tertiary/aromatic N) is 1. The molecule has 1 aliphatic rings. The standard InChI is InChI=1S/C16H20N4O4S2/c1-24-13-3-2-11(26(17,22)23)8-12(13)15(21)20-16-19-9-14(25-16)10-4-6-18-7-5-10/h2-3,8-10,18H,4-7H2,1H3,(H2,17,22,23)(H,19,20,21). The van der Waals surface area contributed by atoms with E-state index in [-0.39, 0.29) is 16.2 Å². The lowest BCUT2D eigenvalue weighted by atomic mass is 9.97. The van der Waals surface area contributed by atoms with Crippen molar-refractivity contribution in [3.05, 3.63) is 34.8 Å². The fraction of sp³-hybridized carbons (Fsp3) is 0.375. The van der Waals surface area contributed by atoms with Gasteiger partial charge in [-0.05, 0) is 50.0 Å². The Balaban J connectivity index is 1.80. The van der Waals surface area contributed by atoms with Gasteiger partial charge in [-0.25, -0.2) is 18.5 Å². The van der Waals surface area contributed by atoms with E-state index in [4.69, 9.17) is 9.88 Å². The first kappa shape index (κ1) is 18.8. The van der Waals surface area contributed by atoms with E-state index < -0.39 is 15.9 Å². The molecule has 1 aromatic heterocycles. The third-order valence-corrected chi connectivity index (χ3v) is 6.22. The first-order valence-corrected chi connectivity index (χ1v) is 10.4. The number of hydrogen-bond acceptors (Lipinski definition) is 7. The van der Waals surface area contributed by atoms with Crippen LogP contribution < -0.4 is 20.5 Å². The molecule has 2 heterocycles. The minimum Gasteiger partial charge on any atom is -0.496 e. The van der Waals surface area contributed by atoms with E-state index in [2.05, 4.69) is 15.6 Å². The third-order valence-electron chi connectivity index (χ3n) is 4.23. The van der Waals surface area contributed by atoms with Gasteiger partial charge >= 0.3 is 0 Å². The molecule has 0 radical (unpaired) electrons. The van der Waals surface area contributed by atoms with Crippen LogP contribution in [0.3, 0.4) is 0 Å². The number of carbonyl (C=O) groups excluding carboxylic acids is 1. The number of methoxy groups -OCH3 is 1. The van der Waals surface area contributed by atoms with Crippen molar-refractivity contribution in [3.8, 4) is 5.75 Å². The molecule has 1 aromatic carbocycles. The van der Waals surface area contributed by atoms with Gasteiger partial charge in [0.15, 0.2) is 5.13 Å². The molecule has 2 aromatic rings. The summed E-state index contributed by atoms with van der Waals surface area (Å²) in [6.45, 7) is 1.95. The number of nitrogens with two attached hydrogens (primary N) is 1. The van der Waals surface area contributed by atoms with Crippen molar-refractivity contribution in [1.29, 1.82) is 0 Å². The second-order valence-electron chi connectivity index (χ2n) is 5.95. The van der Waals surface area contributed by atoms with Crippen molar-refractivity contribution in [1.82, 2.24) is 10.3 Å². The van der Waals surface area contributed by atoms with Gasteiger partial charge in [-0.15, -0.1) is 11.3 Å². The average Bonchev–Trinajstić information content (AvgIpc) is 3.09. The lowest BCUT2D eigenvalue weighted by molar-refractivity contribution is 0.102. The fourth-order valence-corrected chi connectivity index (χ4v) is 4.37. The van der Waals surface area contributed by atoms with Gasteiger partial charge in [-0.2, -0.15) is 0 Å². The van der Waals surface area contributed by atoms with Gasteiger partial charge in [-0.1, -0.05) is 0 Å². The maximum Gasteiger partial charge on any atom is 0.261 e. The predicted molar refractivity (Wildman–Crippen MR) is 99.3 cm³/mol. The van der Waals surface area contributed by atoms with E-state index in [1.165, 1.54) is 36.6 Å². The number of carbonyl (C=O) groups is 1. The van der Waals surface area contributed by atoms with Crippen LogP contribution in [-0.2, 0) is 10.0 Å². The number of primary sulfonamides is 1. The van der Waals surface area contributed by atoms with Gasteiger partial charge in [-0.3, -0.25) is 10.1 Å². The van der Waals surface area contributed by atoms with Crippen LogP contribution in [0.25, 0.3) is 0 Å². The van der Waals surface area contributed by atoms with E-state index in [0.29, 0.717) is 11.0 Å². The summed E-state index contributed by atoms with van der Waals surface area (Å²) in [4.78, 5) is 17.8. The van der Waals surface area contributed by atoms with Gasteiger partial charge in [0.2, 0.25) is 10.0 Å². The molecule has 8 nitrogen and oxygen atoms in total. The number of aromatic nitrogens is 1. The van der Waals surface area contributed by atoms with Crippen LogP contribution in [0.15, 0.2) is 29.3 Å². The molecule has 0 saturated carbocycles. The summed E-state index contributed by atoms with van der Waals surface area (Å²) in [6.07, 6.45) is 3.87. The smallest absolute Gasteiger partial charge is 0.261 e. The van der Waals surface area contributed by atoms with E-state index in [1.54, 1.807) is 6.20 Å². The maximum atomic E-state index is 12.6. The summed E-state index contributed by atoms with van der Waals surface area (Å²) >= 11 is 1.43. The van der Waals surface area contributed by atoms with Gasteiger partial charge in [0.05, 0.1) is 17.6 Å². The molecule has 0 spiro atoms. The zero-order valence-corrected chi connectivity index (χ0v) is 15.8. The van der Waals surface area contributed by atoms with Crippen LogP contribution >= 0.6 is 11.3 Å². The molecule has 26 heavy (non-hydrogen) atoms. The molecule has 0 bridgehead atoms. The summed E-state index contributed by atoms with van der Waals surface area (Å²) < 4.78 is 28.2.